The van der Waals surface area contributed by atoms with E-state index in [0.29, 0.717) is 39.5 Å². The van der Waals surface area contributed by atoms with Gasteiger partial charge in [-0.05, 0) is 52.3 Å². The van der Waals surface area contributed by atoms with Gasteiger partial charge in [-0.15, -0.1) is 12.4 Å². The number of carbonyl (C=O) groups excluding carboxylic acids is 5. The quantitative estimate of drug-likeness (QED) is 0.0531. The fourth-order valence-corrected chi connectivity index (χ4v) is 5.05. The van der Waals surface area contributed by atoms with Gasteiger partial charge in [0.2, 0.25) is 0 Å². The number of nitrogens with two attached hydrogens (primary N) is 1. The van der Waals surface area contributed by atoms with Crippen LogP contribution in [0.3, 0.4) is 0 Å². The minimum atomic E-state index is -0.545. The third-order valence-corrected chi connectivity index (χ3v) is 7.73. The highest BCUT2D eigenvalue weighted by molar-refractivity contribution is 9.12. The highest BCUT2D eigenvalue weighted by atomic mass is 79.9. The van der Waals surface area contributed by atoms with Gasteiger partial charge in [0.05, 0.1) is 38.4 Å². The zero-order valence-corrected chi connectivity index (χ0v) is 29.9. The van der Waals surface area contributed by atoms with Crippen LogP contribution in [-0.4, -0.2) is 65.6 Å². The summed E-state index contributed by atoms with van der Waals surface area (Å²) in [4.78, 5) is 70.9. The second-order valence-electron chi connectivity index (χ2n) is 11.2. The Morgan fingerprint density at radius 2 is 1.27 bits per heavy atom. The molecule has 0 atom stereocenters. The van der Waals surface area contributed by atoms with Crippen LogP contribution in [0, 0.1) is 5.41 Å². The number of anilines is 4. The summed E-state index contributed by atoms with van der Waals surface area (Å²) in [6, 6.07) is 9.47. The zero-order chi connectivity index (χ0) is 36.3. The number of nitrogens with one attached hydrogen (secondary N) is 7. The Morgan fingerprint density at radius 3 is 1.76 bits per heavy atom. The summed E-state index contributed by atoms with van der Waals surface area (Å²) in [5, 5.41) is 20.8. The number of H-pyrrole nitrogens is 1. The van der Waals surface area contributed by atoms with Gasteiger partial charge in [-0.1, -0.05) is 6.58 Å². The molecule has 1 aromatic carbocycles. The van der Waals surface area contributed by atoms with Gasteiger partial charge in [-0.2, -0.15) is 0 Å². The molecule has 5 rings (SSSR count). The Morgan fingerprint density at radius 1 is 0.784 bits per heavy atom. The van der Waals surface area contributed by atoms with Crippen molar-refractivity contribution in [2.24, 2.45) is 26.9 Å². The molecule has 5 amide bonds. The van der Waals surface area contributed by atoms with Crippen molar-refractivity contribution in [1.82, 2.24) is 29.0 Å². The first kappa shape index (κ1) is 37.7. The molecule has 0 aliphatic rings. The number of fused-ring (bicyclic) bond motifs is 1. The Hall–Kier alpha value is -6.14. The summed E-state index contributed by atoms with van der Waals surface area (Å²) in [5.74, 6) is -2.31. The van der Waals surface area contributed by atoms with Crippen molar-refractivity contribution < 1.29 is 24.0 Å². The number of halogens is 2. The van der Waals surface area contributed by atoms with Crippen molar-refractivity contribution >= 4 is 97.5 Å². The molecule has 0 spiro atoms. The Bertz CT molecular complexity index is 2210. The molecule has 266 valence electrons. The van der Waals surface area contributed by atoms with E-state index >= 15 is 0 Å². The number of aromatic amines is 1. The summed E-state index contributed by atoms with van der Waals surface area (Å²) < 4.78 is 4.81. The van der Waals surface area contributed by atoms with E-state index in [1.165, 1.54) is 22.8 Å². The Labute approximate surface area is 305 Å². The Kier molecular flexibility index (Phi) is 11.5. The number of amides is 5. The maximum atomic E-state index is 13.2. The summed E-state index contributed by atoms with van der Waals surface area (Å²) in [6.45, 7) is 3.74. The topological polar surface area (TPSA) is 239 Å². The lowest BCUT2D eigenvalue weighted by Crippen LogP contribution is -2.28. The maximum absolute atomic E-state index is 13.2. The number of amidine groups is 1. The number of hydrogen-bond donors (Lipinski definition) is 8. The highest BCUT2D eigenvalue weighted by Crippen LogP contribution is 2.22. The molecule has 0 saturated heterocycles. The molecule has 0 aliphatic carbocycles. The van der Waals surface area contributed by atoms with Gasteiger partial charge in [0.1, 0.15) is 17.1 Å². The molecular formula is C32H34BrClN12O5. The molecule has 19 heteroatoms. The fourth-order valence-electron chi connectivity index (χ4n) is 4.95. The first-order valence-electron chi connectivity index (χ1n) is 14.9. The number of nitrogens with zero attached hydrogens (tertiary/aromatic N) is 4. The summed E-state index contributed by atoms with van der Waals surface area (Å²) in [7, 11) is 4.95. The normalized spacial score (nSPS) is 10.6. The molecule has 0 radical (unpaired) electrons. The Balaban J connectivity index is 0.00000583. The van der Waals surface area contributed by atoms with E-state index < -0.39 is 23.6 Å². The van der Waals surface area contributed by atoms with Crippen LogP contribution < -0.4 is 32.3 Å². The zero-order valence-electron chi connectivity index (χ0n) is 27.5. The maximum Gasteiger partial charge on any atom is 0.291 e. The van der Waals surface area contributed by atoms with E-state index in [1.807, 2.05) is 0 Å². The highest BCUT2D eigenvalue weighted by Gasteiger charge is 2.20. The van der Waals surface area contributed by atoms with Crippen LogP contribution in [0.1, 0.15) is 48.5 Å². The van der Waals surface area contributed by atoms with E-state index in [2.05, 4.69) is 59.1 Å². The van der Waals surface area contributed by atoms with E-state index in [9.17, 15) is 24.0 Å². The van der Waals surface area contributed by atoms with Crippen LogP contribution in [-0.2, 0) is 25.9 Å². The number of carbonyl (C=O) groups is 5. The lowest BCUT2D eigenvalue weighted by Gasteiger charge is -2.04. The monoisotopic (exact) mass is 780 g/mol. The van der Waals surface area contributed by atoms with Crippen molar-refractivity contribution in [3.8, 4) is 0 Å². The van der Waals surface area contributed by atoms with Crippen LogP contribution in [0.5, 0.6) is 0 Å². The van der Waals surface area contributed by atoms with Crippen LogP contribution in [0.15, 0.2) is 66.1 Å². The molecule has 0 unspecified atom stereocenters. The van der Waals surface area contributed by atoms with Crippen LogP contribution in [0.2, 0.25) is 0 Å². The van der Waals surface area contributed by atoms with Crippen molar-refractivity contribution in [1.29, 1.82) is 5.41 Å². The van der Waals surface area contributed by atoms with Gasteiger partial charge in [-0.3, -0.25) is 29.4 Å². The van der Waals surface area contributed by atoms with Gasteiger partial charge >= 0.3 is 0 Å². The minimum Gasteiger partial charge on any atom is -0.388 e. The molecule has 5 aromatic rings. The standard InChI is InChI=1S/C32H33BrN12O5.ClH/c1-16(33)28(46)37-17-5-6-21-22(9-17)42-27(41-21)32(50)40-20-12-25(45(4)15-20)31(49)39-19-11-24(44(3)14-19)30(48)38-18-10-23(43(2)13-18)29(47)36-8-7-26(34)35;/h5-6,9-15H,1,7-8H2,2-4H3,(H3,34,35)(H,36,47)(H,37,46)(H,38,48)(H,39,49)(H,40,50)(H,41,42);1H. The summed E-state index contributed by atoms with van der Waals surface area (Å²) >= 11 is 3.03. The van der Waals surface area contributed by atoms with Gasteiger partial charge in [0.25, 0.3) is 29.5 Å². The minimum absolute atomic E-state index is 0. The second kappa shape index (κ2) is 15.6. The van der Waals surface area contributed by atoms with E-state index in [-0.39, 0.29) is 58.8 Å². The molecule has 51 heavy (non-hydrogen) atoms. The first-order valence-corrected chi connectivity index (χ1v) is 15.7. The van der Waals surface area contributed by atoms with Crippen LogP contribution >= 0.6 is 28.3 Å². The van der Waals surface area contributed by atoms with Crippen molar-refractivity contribution in [2.75, 3.05) is 27.8 Å². The molecule has 4 heterocycles. The van der Waals surface area contributed by atoms with Gasteiger partial charge in [0.15, 0.2) is 5.82 Å². The smallest absolute Gasteiger partial charge is 0.291 e. The van der Waals surface area contributed by atoms with E-state index in [4.69, 9.17) is 11.1 Å². The van der Waals surface area contributed by atoms with Gasteiger partial charge in [-0.25, -0.2) is 4.98 Å². The lowest BCUT2D eigenvalue weighted by atomic mass is 10.3. The number of aryl methyl sites for hydroxylation is 3. The van der Waals surface area contributed by atoms with Crippen molar-refractivity contribution in [3.63, 3.8) is 0 Å². The van der Waals surface area contributed by atoms with E-state index in [1.54, 1.807) is 67.1 Å². The second-order valence-corrected chi connectivity index (χ2v) is 12.2. The largest absolute Gasteiger partial charge is 0.388 e. The molecule has 17 nitrogen and oxygen atoms in total. The molecule has 9 N–H and O–H groups in total. The number of hydrogen-bond acceptors (Lipinski definition) is 7. The molecule has 0 fully saturated rings. The molecule has 0 bridgehead atoms. The average Bonchev–Trinajstić information content (AvgIpc) is 3.81. The predicted molar refractivity (Wildman–Crippen MR) is 199 cm³/mol. The van der Waals surface area contributed by atoms with Crippen LogP contribution in [0.4, 0.5) is 22.7 Å². The fraction of sp³-hybridized carbons (Fsp3) is 0.156. The van der Waals surface area contributed by atoms with Gasteiger partial charge < -0.3 is 51.0 Å². The molecule has 0 saturated carbocycles. The van der Waals surface area contributed by atoms with E-state index in [0.717, 1.165) is 0 Å². The third kappa shape index (κ3) is 8.91. The molecule has 0 aliphatic heterocycles. The van der Waals surface area contributed by atoms with Crippen molar-refractivity contribution in [2.45, 2.75) is 6.42 Å². The molecule has 4 aromatic heterocycles. The van der Waals surface area contributed by atoms with Gasteiger partial charge in [0, 0.05) is 58.4 Å². The number of imidazole rings is 1. The predicted octanol–water partition coefficient (Wildman–Crippen LogP) is 3.66. The summed E-state index contributed by atoms with van der Waals surface area (Å²) in [6.07, 6.45) is 4.95. The SMILES string of the molecule is C=C(Br)C(=O)Nc1ccc2[nH]c(C(=O)Nc3cc(C(=O)Nc4cc(C(=O)Nc5cc(C(=O)NCCC(=N)N)n(C)c5)n(C)c4)n(C)c3)nc2c1.Cl. The number of rotatable bonds is 12. The lowest BCUT2D eigenvalue weighted by molar-refractivity contribution is -0.112. The average molecular weight is 782 g/mol. The number of benzene rings is 1. The van der Waals surface area contributed by atoms with Crippen molar-refractivity contribution in [3.05, 3.63) is 89.0 Å². The third-order valence-electron chi connectivity index (χ3n) is 7.37. The summed E-state index contributed by atoms with van der Waals surface area (Å²) in [5.41, 5.74) is 8.69. The first-order chi connectivity index (χ1) is 23.7. The van der Waals surface area contributed by atoms with Crippen LogP contribution in [0.25, 0.3) is 11.0 Å². The molecular weight excluding hydrogens is 748 g/mol. The number of aromatic nitrogens is 5.